The van der Waals surface area contributed by atoms with Crippen LogP contribution in [0.1, 0.15) is 123 Å². The average Bonchev–Trinajstić information content (AvgIpc) is 3.25. The van der Waals surface area contributed by atoms with E-state index in [9.17, 15) is 35.1 Å². The van der Waals surface area contributed by atoms with Gasteiger partial charge in [0.05, 0.1) is 30.7 Å². The third kappa shape index (κ3) is 10.3. The predicted octanol–water partition coefficient (Wildman–Crippen LogP) is 5.64. The average molecular weight is 863 g/mol. The van der Waals surface area contributed by atoms with E-state index in [1.807, 2.05) is 50.2 Å². The van der Waals surface area contributed by atoms with E-state index in [2.05, 4.69) is 22.5 Å². The van der Waals surface area contributed by atoms with Crippen molar-refractivity contribution >= 4 is 23.4 Å². The fraction of sp³-hybridized carbons (Fsp3) is 0.510. The van der Waals surface area contributed by atoms with Gasteiger partial charge in [-0.2, -0.15) is 0 Å². The minimum atomic E-state index is -1.63. The number of aromatic hydroxyl groups is 1. The fourth-order valence-electron chi connectivity index (χ4n) is 10.1. The molecule has 0 aromatic heterocycles. The molecule has 1 saturated carbocycles. The van der Waals surface area contributed by atoms with Gasteiger partial charge >= 0.3 is 11.9 Å². The van der Waals surface area contributed by atoms with Crippen molar-refractivity contribution in [3.05, 3.63) is 99.1 Å². The molecule has 0 spiro atoms. The number of nitrogens with one attached hydrogen (secondary N) is 2. The van der Waals surface area contributed by atoms with Crippen molar-refractivity contribution in [3.63, 3.8) is 0 Å². The highest BCUT2D eigenvalue weighted by Gasteiger charge is 2.49. The molecule has 1 fully saturated rings. The number of aliphatic hydroxyl groups is 4. The maximum absolute atomic E-state index is 15.1. The number of likely N-dealkylation sites (N-methyl/N-ethyl adjacent to an activating group) is 1. The van der Waals surface area contributed by atoms with E-state index >= 15 is 4.79 Å². The first-order valence-corrected chi connectivity index (χ1v) is 22.6. The van der Waals surface area contributed by atoms with Crippen LogP contribution in [-0.4, -0.2) is 87.3 Å². The molecule has 8 bridgehead atoms. The van der Waals surface area contributed by atoms with Gasteiger partial charge in [-0.15, -0.1) is 0 Å². The number of phenols is 1. The third-order valence-corrected chi connectivity index (χ3v) is 13.3. The summed E-state index contributed by atoms with van der Waals surface area (Å²) in [6.45, 7) is 5.92. The number of anilines is 1. The standard InChI is InChI=1S/C51H62N2O10/c1-5-14-51(61)39-12-13-44(56)35(20-39)16-30-8-7-9-31(15-30)17-41(55)23-38-18-32(34-19-36(45(57)28-52-4)22-40(21-34)53-27-29(3)54)10-11-33-26-47(58)63-49-42(6-2)48(59)37(24-43(33)49)25-46(51)62-50(38)60/h7-9,15,19,21-24,29,32-33,35,39,41,45-46,52-55,57,59,61H,5-6,12-14,16-18,20,25-28H2,1-4H3. The molecule has 0 radical (unpaired) electrons. The molecule has 63 heavy (non-hydrogen) atoms. The molecule has 3 heterocycles. The van der Waals surface area contributed by atoms with E-state index in [1.54, 1.807) is 26.1 Å². The zero-order valence-corrected chi connectivity index (χ0v) is 36.8. The van der Waals surface area contributed by atoms with Crippen molar-refractivity contribution in [1.29, 1.82) is 0 Å². The Balaban J connectivity index is 1.47. The summed E-state index contributed by atoms with van der Waals surface area (Å²) in [4.78, 5) is 41.9. The molecule has 3 aromatic carbocycles. The van der Waals surface area contributed by atoms with Gasteiger partial charge in [0.15, 0.2) is 0 Å². The Morgan fingerprint density at radius 3 is 2.43 bits per heavy atom. The molecular formula is C51H62N2O10. The van der Waals surface area contributed by atoms with Crippen molar-refractivity contribution in [2.24, 2.45) is 11.8 Å². The summed E-state index contributed by atoms with van der Waals surface area (Å²) in [7, 11) is 1.73. The molecule has 9 unspecified atom stereocenters. The lowest BCUT2D eigenvalue weighted by atomic mass is 9.66. The SMILES string of the molecule is CCCC1(O)C2CCC(=O)C(Cc3cccc(c3)CC(O)C=C3CC(c4cc(NCC(C)O)cc(C(O)CNC)c4)C#CC4CC(=O)Oc5c4cc(c(O)c5CC)CC1OC3=O)C2. The number of Topliss-reactive ketones (excluding diaryl/α,β-unsaturated/α-hetero) is 1. The number of phenolic OH excluding ortho intramolecular Hbond substituents is 1. The molecule has 9 atom stereocenters. The highest BCUT2D eigenvalue weighted by Crippen LogP contribution is 2.47. The second-order valence-corrected chi connectivity index (χ2v) is 18.1. The van der Waals surface area contributed by atoms with Crippen LogP contribution in [0.4, 0.5) is 5.69 Å². The smallest absolute Gasteiger partial charge is 0.334 e. The van der Waals surface area contributed by atoms with Crippen LogP contribution < -0.4 is 15.4 Å². The first-order valence-electron chi connectivity index (χ1n) is 22.6. The Morgan fingerprint density at radius 2 is 1.70 bits per heavy atom. The Morgan fingerprint density at radius 1 is 0.937 bits per heavy atom. The van der Waals surface area contributed by atoms with Gasteiger partial charge in [-0.25, -0.2) is 4.79 Å². The minimum Gasteiger partial charge on any atom is -0.507 e. The molecular weight excluding hydrogens is 801 g/mol. The van der Waals surface area contributed by atoms with Crippen LogP contribution in [0.3, 0.4) is 0 Å². The quantitative estimate of drug-likeness (QED) is 0.0755. The normalized spacial score (nSPS) is 27.0. The summed E-state index contributed by atoms with van der Waals surface area (Å²) in [5.74, 6) is 3.50. The van der Waals surface area contributed by atoms with Crippen molar-refractivity contribution in [1.82, 2.24) is 5.32 Å². The number of aliphatic hydroxyl groups excluding tert-OH is 3. The maximum Gasteiger partial charge on any atom is 0.334 e. The number of hydrogen-bond acceptors (Lipinski definition) is 12. The lowest BCUT2D eigenvalue weighted by Gasteiger charge is -2.45. The van der Waals surface area contributed by atoms with Crippen molar-refractivity contribution in [2.45, 2.75) is 133 Å². The Labute approximate surface area is 370 Å². The molecule has 7 N–H and O–H groups in total. The van der Waals surface area contributed by atoms with Crippen LogP contribution in [0.2, 0.25) is 0 Å². The summed E-state index contributed by atoms with van der Waals surface area (Å²) in [5, 5.41) is 64.7. The van der Waals surface area contributed by atoms with Gasteiger partial charge in [0.2, 0.25) is 0 Å². The predicted molar refractivity (Wildman–Crippen MR) is 238 cm³/mol. The van der Waals surface area contributed by atoms with Crippen LogP contribution in [0.25, 0.3) is 0 Å². The first kappa shape index (κ1) is 46.0. The lowest BCUT2D eigenvalue weighted by Crippen LogP contribution is -2.54. The number of fused-ring (bicyclic) bond motifs is 8. The summed E-state index contributed by atoms with van der Waals surface area (Å²) < 4.78 is 12.4. The molecule has 12 heteroatoms. The molecule has 3 aliphatic heterocycles. The van der Waals surface area contributed by atoms with Gasteiger partial charge in [-0.05, 0) is 111 Å². The van der Waals surface area contributed by atoms with Crippen molar-refractivity contribution in [3.8, 4) is 23.3 Å². The van der Waals surface area contributed by atoms with E-state index in [0.29, 0.717) is 65.6 Å². The van der Waals surface area contributed by atoms with E-state index in [0.717, 1.165) is 11.1 Å². The van der Waals surface area contributed by atoms with Gasteiger partial charge in [-0.1, -0.05) is 62.4 Å². The van der Waals surface area contributed by atoms with Crippen LogP contribution in [-0.2, 0) is 44.8 Å². The van der Waals surface area contributed by atoms with Crippen LogP contribution in [0.5, 0.6) is 11.5 Å². The van der Waals surface area contributed by atoms with Gasteiger partial charge in [0.25, 0.3) is 0 Å². The number of ether oxygens (including phenoxy) is 2. The molecule has 1 aliphatic carbocycles. The zero-order chi connectivity index (χ0) is 45.0. The number of rotatable bonds is 10. The van der Waals surface area contributed by atoms with Crippen LogP contribution in [0.15, 0.2) is 60.2 Å². The summed E-state index contributed by atoms with van der Waals surface area (Å²) in [5.41, 5.74) is 3.45. The highest BCUT2D eigenvalue weighted by molar-refractivity contribution is 5.89. The van der Waals surface area contributed by atoms with Gasteiger partial charge in [0, 0.05) is 66.6 Å². The molecule has 12 nitrogen and oxygen atoms in total. The van der Waals surface area contributed by atoms with Crippen LogP contribution >= 0.6 is 0 Å². The van der Waals surface area contributed by atoms with Gasteiger partial charge < -0.3 is 45.6 Å². The highest BCUT2D eigenvalue weighted by atomic mass is 16.6. The zero-order valence-electron chi connectivity index (χ0n) is 36.8. The molecule has 336 valence electrons. The lowest BCUT2D eigenvalue weighted by molar-refractivity contribution is -0.176. The van der Waals surface area contributed by atoms with E-state index in [4.69, 9.17) is 9.47 Å². The van der Waals surface area contributed by atoms with E-state index in [-0.39, 0.29) is 80.4 Å². The number of hydrogen-bond donors (Lipinski definition) is 7. The largest absolute Gasteiger partial charge is 0.507 e. The fourth-order valence-corrected chi connectivity index (χ4v) is 10.1. The topological polar surface area (TPSA) is 195 Å². The molecule has 7 rings (SSSR count). The van der Waals surface area contributed by atoms with Gasteiger partial charge in [0.1, 0.15) is 29.0 Å². The summed E-state index contributed by atoms with van der Waals surface area (Å²) in [6.07, 6.45) is 0.0884. The van der Waals surface area contributed by atoms with Gasteiger partial charge in [-0.3, -0.25) is 9.59 Å². The van der Waals surface area contributed by atoms with Crippen LogP contribution in [0, 0.1) is 23.7 Å². The van der Waals surface area contributed by atoms with Crippen molar-refractivity contribution in [2.75, 3.05) is 25.5 Å². The Hall–Kier alpha value is -5.03. The van der Waals surface area contributed by atoms with Crippen molar-refractivity contribution < 1.29 is 49.4 Å². The number of ketones is 1. The maximum atomic E-state index is 15.1. The number of esters is 2. The molecule has 4 aliphatic rings. The second kappa shape index (κ2) is 19.8. The second-order valence-electron chi connectivity index (χ2n) is 18.1. The van der Waals surface area contributed by atoms with E-state index < -0.39 is 59.7 Å². The first-order chi connectivity index (χ1) is 30.2. The Bertz CT molecular complexity index is 2290. The summed E-state index contributed by atoms with van der Waals surface area (Å²) >= 11 is 0. The van der Waals surface area contributed by atoms with E-state index in [1.165, 1.54) is 6.08 Å². The molecule has 0 amide bonds. The number of carbonyl (C=O) groups excluding carboxylic acids is 3. The molecule has 3 aromatic rings. The third-order valence-electron chi connectivity index (χ3n) is 13.3. The molecule has 0 saturated heterocycles. The Kier molecular flexibility index (Phi) is 14.4. The summed E-state index contributed by atoms with van der Waals surface area (Å²) in [6, 6.07) is 15.0. The number of benzene rings is 3. The number of carbonyl (C=O) groups is 3. The monoisotopic (exact) mass is 862 g/mol. The minimum absolute atomic E-state index is 0.0592.